The van der Waals surface area contributed by atoms with Gasteiger partial charge >= 0.3 is 0 Å². The van der Waals surface area contributed by atoms with Gasteiger partial charge in [0.05, 0.1) is 0 Å². The predicted molar refractivity (Wildman–Crippen MR) is 116 cm³/mol. The van der Waals surface area contributed by atoms with Crippen LogP contribution in [0.15, 0.2) is 89.3 Å². The molecule has 0 spiro atoms. The van der Waals surface area contributed by atoms with Gasteiger partial charge in [0.25, 0.3) is 0 Å². The second-order valence-electron chi connectivity index (χ2n) is 6.74. The Hall–Kier alpha value is -3.30. The highest BCUT2D eigenvalue weighted by Gasteiger charge is 2.08. The summed E-state index contributed by atoms with van der Waals surface area (Å²) in [6, 6.07) is 29.6. The quantitative estimate of drug-likeness (QED) is 0.340. The van der Waals surface area contributed by atoms with Gasteiger partial charge in [0.2, 0.25) is 0 Å². The van der Waals surface area contributed by atoms with Crippen LogP contribution in [0.3, 0.4) is 0 Å². The molecule has 6 aromatic rings. The van der Waals surface area contributed by atoms with Crippen molar-refractivity contribution in [3.8, 4) is 0 Å². The molecule has 4 aromatic carbocycles. The maximum atomic E-state index is 5.92. The number of furan rings is 1. The van der Waals surface area contributed by atoms with E-state index in [0.717, 1.165) is 33.3 Å². The molecule has 0 aliphatic carbocycles. The first-order valence-corrected chi connectivity index (χ1v) is 9.76. The average Bonchev–Trinajstić information content (AvgIpc) is 3.25. The topological polar surface area (TPSA) is 25.2 Å². The third-order valence-corrected chi connectivity index (χ3v) is 6.18. The van der Waals surface area contributed by atoms with Gasteiger partial charge in [0, 0.05) is 42.3 Å². The fourth-order valence-electron chi connectivity index (χ4n) is 3.77. The molecule has 27 heavy (non-hydrogen) atoms. The van der Waals surface area contributed by atoms with Crippen LogP contribution >= 0.6 is 11.3 Å². The van der Waals surface area contributed by atoms with E-state index in [4.69, 9.17) is 4.42 Å². The number of fused-ring (bicyclic) bond motifs is 6. The fraction of sp³-hybridized carbons (Fsp3) is 0. The first-order chi connectivity index (χ1) is 13.3. The molecule has 0 radical (unpaired) electrons. The van der Waals surface area contributed by atoms with Gasteiger partial charge in [0.15, 0.2) is 0 Å². The van der Waals surface area contributed by atoms with E-state index in [2.05, 4.69) is 66.0 Å². The first-order valence-electron chi connectivity index (χ1n) is 8.95. The van der Waals surface area contributed by atoms with Crippen LogP contribution in [0, 0.1) is 0 Å². The number of benzene rings is 4. The van der Waals surface area contributed by atoms with Gasteiger partial charge in [-0.15, -0.1) is 11.3 Å². The van der Waals surface area contributed by atoms with Crippen molar-refractivity contribution in [2.24, 2.45) is 0 Å². The van der Waals surface area contributed by atoms with Crippen molar-refractivity contribution in [3.05, 3.63) is 84.9 Å². The Morgan fingerprint density at radius 3 is 2.22 bits per heavy atom. The molecule has 0 saturated heterocycles. The number of hydrogen-bond donors (Lipinski definition) is 1. The van der Waals surface area contributed by atoms with E-state index in [1.165, 1.54) is 20.2 Å². The summed E-state index contributed by atoms with van der Waals surface area (Å²) in [6.45, 7) is 0. The summed E-state index contributed by atoms with van der Waals surface area (Å²) in [7, 11) is 0. The van der Waals surface area contributed by atoms with Crippen LogP contribution in [-0.4, -0.2) is 0 Å². The Morgan fingerprint density at radius 1 is 0.556 bits per heavy atom. The summed E-state index contributed by atoms with van der Waals surface area (Å²) >= 11 is 1.84. The van der Waals surface area contributed by atoms with Crippen LogP contribution in [0.5, 0.6) is 0 Å². The minimum Gasteiger partial charge on any atom is -0.456 e. The number of nitrogens with one attached hydrogen (secondary N) is 1. The maximum Gasteiger partial charge on any atom is 0.135 e. The molecule has 0 atom stereocenters. The van der Waals surface area contributed by atoms with Gasteiger partial charge in [-0.25, -0.2) is 0 Å². The Labute approximate surface area is 159 Å². The highest BCUT2D eigenvalue weighted by atomic mass is 32.1. The maximum absolute atomic E-state index is 5.92. The Kier molecular flexibility index (Phi) is 3.07. The van der Waals surface area contributed by atoms with E-state index < -0.39 is 0 Å². The summed E-state index contributed by atoms with van der Waals surface area (Å²) in [5.41, 5.74) is 4.01. The second-order valence-corrected chi connectivity index (χ2v) is 7.83. The van der Waals surface area contributed by atoms with Crippen LogP contribution in [0.4, 0.5) is 11.4 Å². The Bertz CT molecular complexity index is 1460. The highest BCUT2D eigenvalue weighted by Crippen LogP contribution is 2.36. The molecule has 0 bridgehead atoms. The largest absolute Gasteiger partial charge is 0.456 e. The van der Waals surface area contributed by atoms with Crippen LogP contribution in [0.2, 0.25) is 0 Å². The predicted octanol–water partition coefficient (Wildman–Crippen LogP) is 7.70. The average molecular weight is 365 g/mol. The second kappa shape index (κ2) is 5.60. The molecule has 0 aliphatic rings. The lowest BCUT2D eigenvalue weighted by atomic mass is 10.1. The Morgan fingerprint density at radius 2 is 1.26 bits per heavy atom. The van der Waals surface area contributed by atoms with Crippen LogP contribution in [0.1, 0.15) is 0 Å². The van der Waals surface area contributed by atoms with E-state index in [1.54, 1.807) is 0 Å². The monoisotopic (exact) mass is 365 g/mol. The van der Waals surface area contributed by atoms with Crippen molar-refractivity contribution < 1.29 is 4.42 Å². The van der Waals surface area contributed by atoms with Gasteiger partial charge in [0.1, 0.15) is 11.2 Å². The number of para-hydroxylation sites is 1. The van der Waals surface area contributed by atoms with Crippen LogP contribution in [-0.2, 0) is 0 Å². The molecule has 2 aromatic heterocycles. The molecule has 0 amide bonds. The van der Waals surface area contributed by atoms with E-state index in [0.29, 0.717) is 0 Å². The van der Waals surface area contributed by atoms with Crippen LogP contribution in [0.25, 0.3) is 42.1 Å². The highest BCUT2D eigenvalue weighted by molar-refractivity contribution is 7.25. The van der Waals surface area contributed by atoms with Gasteiger partial charge in [-0.2, -0.15) is 0 Å². The molecule has 3 heteroatoms. The van der Waals surface area contributed by atoms with Crippen molar-refractivity contribution in [1.29, 1.82) is 0 Å². The summed E-state index contributed by atoms with van der Waals surface area (Å²) in [6.07, 6.45) is 0. The number of rotatable bonds is 2. The Balaban J connectivity index is 1.44. The molecular weight excluding hydrogens is 350 g/mol. The number of thiophene rings is 1. The lowest BCUT2D eigenvalue weighted by Gasteiger charge is -2.06. The molecule has 128 valence electrons. The molecular formula is C24H15NOS. The first kappa shape index (κ1) is 14.8. The zero-order chi connectivity index (χ0) is 17.8. The van der Waals surface area contributed by atoms with Crippen molar-refractivity contribution in [1.82, 2.24) is 0 Å². The van der Waals surface area contributed by atoms with Gasteiger partial charge in [-0.3, -0.25) is 0 Å². The summed E-state index contributed by atoms with van der Waals surface area (Å²) in [4.78, 5) is 0. The fourth-order valence-corrected chi connectivity index (χ4v) is 4.92. The molecule has 0 fully saturated rings. The van der Waals surface area contributed by atoms with E-state index in [1.807, 2.05) is 35.6 Å². The zero-order valence-electron chi connectivity index (χ0n) is 14.4. The van der Waals surface area contributed by atoms with Crippen molar-refractivity contribution >= 4 is 64.8 Å². The standard InChI is InChI=1S/C24H15NOS/c1-3-7-21-17(5-1)20-13-15(10-12-22(20)26-21)25-16-9-11-19-18-6-2-4-8-23(18)27-24(19)14-16/h1-14,25H. The number of anilines is 2. The van der Waals surface area contributed by atoms with Crippen molar-refractivity contribution in [2.75, 3.05) is 5.32 Å². The van der Waals surface area contributed by atoms with E-state index in [9.17, 15) is 0 Å². The molecule has 0 aliphatic heterocycles. The van der Waals surface area contributed by atoms with Gasteiger partial charge < -0.3 is 9.73 Å². The summed E-state index contributed by atoms with van der Waals surface area (Å²) in [5, 5.41) is 8.48. The van der Waals surface area contributed by atoms with E-state index >= 15 is 0 Å². The van der Waals surface area contributed by atoms with Gasteiger partial charge in [-0.1, -0.05) is 42.5 Å². The molecule has 2 nitrogen and oxygen atoms in total. The third kappa shape index (κ3) is 2.32. The molecule has 1 N–H and O–H groups in total. The normalized spacial score (nSPS) is 11.7. The molecule has 0 unspecified atom stereocenters. The van der Waals surface area contributed by atoms with E-state index in [-0.39, 0.29) is 0 Å². The van der Waals surface area contributed by atoms with Gasteiger partial charge in [-0.05, 0) is 42.5 Å². The SMILES string of the molecule is c1ccc2c(c1)oc1ccc(Nc3ccc4c(c3)sc3ccccc34)cc12. The van der Waals surface area contributed by atoms with Crippen LogP contribution < -0.4 is 5.32 Å². The summed E-state index contributed by atoms with van der Waals surface area (Å²) in [5.74, 6) is 0. The molecule has 2 heterocycles. The summed E-state index contributed by atoms with van der Waals surface area (Å²) < 4.78 is 8.55. The minimum absolute atomic E-state index is 0.918. The molecule has 6 rings (SSSR count). The minimum atomic E-state index is 0.918. The smallest absolute Gasteiger partial charge is 0.135 e. The third-order valence-electron chi connectivity index (χ3n) is 5.04. The lowest BCUT2D eigenvalue weighted by molar-refractivity contribution is 0.669. The van der Waals surface area contributed by atoms with Crippen molar-refractivity contribution in [3.63, 3.8) is 0 Å². The number of hydrogen-bond acceptors (Lipinski definition) is 3. The lowest BCUT2D eigenvalue weighted by Crippen LogP contribution is -1.89. The zero-order valence-corrected chi connectivity index (χ0v) is 15.2. The van der Waals surface area contributed by atoms with Crippen molar-refractivity contribution in [2.45, 2.75) is 0 Å². The molecule has 0 saturated carbocycles.